The molecule has 1 amide bonds. The number of rotatable bonds is 12. The van der Waals surface area contributed by atoms with Crippen LogP contribution < -0.4 is 14.9 Å². The van der Waals surface area contributed by atoms with E-state index in [9.17, 15) is 24.2 Å². The third-order valence-corrected chi connectivity index (χ3v) is 7.77. The highest BCUT2D eigenvalue weighted by molar-refractivity contribution is 7.52. The molecule has 0 aliphatic carbocycles. The molecule has 15 heteroatoms. The van der Waals surface area contributed by atoms with Crippen LogP contribution in [0.3, 0.4) is 0 Å². The molecule has 2 aliphatic heterocycles. The standard InChI is InChI=1S/C27H37N4O10P/c1-17(2)37-24(33)19(5)30-42(35,41-20-10-8-7-9-11-20)36-14-21-23(40-26(34)38-18(3)4)27(6,15-28)25(39-21)31-13-12-22(32)29-16-31/h7-13,17-19,21,23,25H,14,16H2,1-6H3,(H,29,32)(H,30,35). The van der Waals surface area contributed by atoms with Crippen LogP contribution in [0, 0.1) is 16.7 Å². The molecule has 1 saturated heterocycles. The average molecular weight is 609 g/mol. The highest BCUT2D eigenvalue weighted by Crippen LogP contribution is 2.48. The fraction of sp³-hybridized carbons (Fsp3) is 0.556. The van der Waals surface area contributed by atoms with Gasteiger partial charge in [0.1, 0.15) is 23.3 Å². The third-order valence-electron chi connectivity index (χ3n) is 6.13. The lowest BCUT2D eigenvalue weighted by Gasteiger charge is -2.36. The number of nitrogens with zero attached hydrogens (tertiary/aromatic N) is 2. The second-order valence-electron chi connectivity index (χ2n) is 10.4. The number of carbonyl (C=O) groups is 3. The number of benzene rings is 1. The summed E-state index contributed by atoms with van der Waals surface area (Å²) in [6.07, 6.45) is -2.68. The summed E-state index contributed by atoms with van der Waals surface area (Å²) in [7, 11) is -4.31. The number of carbonyl (C=O) groups excluding carboxylic acids is 3. The monoisotopic (exact) mass is 608 g/mol. The van der Waals surface area contributed by atoms with Crippen molar-refractivity contribution in [2.45, 2.75) is 78.2 Å². The molecule has 42 heavy (non-hydrogen) atoms. The molecule has 2 aliphatic rings. The minimum atomic E-state index is -4.31. The van der Waals surface area contributed by atoms with Gasteiger partial charge in [-0.05, 0) is 53.7 Å². The Bertz CT molecular complexity index is 1240. The zero-order chi connectivity index (χ0) is 31.1. The quantitative estimate of drug-likeness (QED) is 0.262. The van der Waals surface area contributed by atoms with Crippen molar-refractivity contribution in [3.05, 3.63) is 42.6 Å². The first-order valence-electron chi connectivity index (χ1n) is 13.4. The lowest BCUT2D eigenvalue weighted by Crippen LogP contribution is -2.51. The number of nitriles is 1. The molecular weight excluding hydrogens is 571 g/mol. The van der Waals surface area contributed by atoms with Crippen molar-refractivity contribution in [3.8, 4) is 11.8 Å². The van der Waals surface area contributed by atoms with E-state index in [4.69, 9.17) is 28.0 Å². The lowest BCUT2D eigenvalue weighted by molar-refractivity contribution is -0.149. The molecule has 1 aromatic rings. The molecule has 0 radical (unpaired) electrons. The maximum atomic E-state index is 14.0. The predicted molar refractivity (Wildman–Crippen MR) is 147 cm³/mol. The van der Waals surface area contributed by atoms with Gasteiger partial charge in [0.2, 0.25) is 5.91 Å². The third kappa shape index (κ3) is 8.45. The highest BCUT2D eigenvalue weighted by Gasteiger charge is 2.59. The number of hydrogen-bond donors (Lipinski definition) is 2. The first-order valence-corrected chi connectivity index (χ1v) is 14.9. The van der Waals surface area contributed by atoms with Gasteiger partial charge >= 0.3 is 19.9 Å². The average Bonchev–Trinajstić information content (AvgIpc) is 3.19. The largest absolute Gasteiger partial charge is 0.508 e. The van der Waals surface area contributed by atoms with E-state index in [1.807, 2.05) is 0 Å². The summed E-state index contributed by atoms with van der Waals surface area (Å²) in [5, 5.41) is 15.5. The number of ether oxygens (including phenoxy) is 4. The number of amides is 1. The second-order valence-corrected chi connectivity index (χ2v) is 12.1. The molecule has 230 valence electrons. The van der Waals surface area contributed by atoms with E-state index < -0.39 is 68.6 Å². The molecule has 0 aromatic heterocycles. The summed E-state index contributed by atoms with van der Waals surface area (Å²) in [5.41, 5.74) is -1.50. The zero-order valence-electron chi connectivity index (χ0n) is 24.3. The molecule has 6 unspecified atom stereocenters. The van der Waals surface area contributed by atoms with E-state index in [2.05, 4.69) is 16.5 Å². The Kier molecular flexibility index (Phi) is 11.0. The summed E-state index contributed by atoms with van der Waals surface area (Å²) in [6.45, 7) is 9.10. The van der Waals surface area contributed by atoms with Crippen molar-refractivity contribution in [2.24, 2.45) is 5.41 Å². The van der Waals surface area contributed by atoms with Gasteiger partial charge in [-0.3, -0.25) is 14.1 Å². The van der Waals surface area contributed by atoms with Crippen LogP contribution >= 0.6 is 7.75 Å². The first-order chi connectivity index (χ1) is 19.8. The van der Waals surface area contributed by atoms with Crippen LogP contribution in [-0.4, -0.2) is 72.9 Å². The zero-order valence-corrected chi connectivity index (χ0v) is 25.2. The Morgan fingerprint density at radius 1 is 1.19 bits per heavy atom. The minimum Gasteiger partial charge on any atom is -0.462 e. The summed E-state index contributed by atoms with van der Waals surface area (Å²) >= 11 is 0. The van der Waals surface area contributed by atoms with Crippen LogP contribution in [0.5, 0.6) is 5.75 Å². The SMILES string of the molecule is CC(C)OC(=O)OC1C(COP(=O)(NC(C)C(=O)OC(C)C)Oc2ccccc2)OC(N2C=CC(=O)NC2)C1(C)C#N. The van der Waals surface area contributed by atoms with Crippen molar-refractivity contribution in [1.82, 2.24) is 15.3 Å². The van der Waals surface area contributed by atoms with E-state index in [-0.39, 0.29) is 18.3 Å². The Labute approximate surface area is 244 Å². The van der Waals surface area contributed by atoms with Crippen molar-refractivity contribution in [1.29, 1.82) is 5.26 Å². The summed E-state index contributed by atoms with van der Waals surface area (Å²) in [5.74, 6) is -0.824. The van der Waals surface area contributed by atoms with Crippen molar-refractivity contribution < 1.29 is 46.9 Å². The number of nitrogens with one attached hydrogen (secondary N) is 2. The molecule has 1 aromatic carbocycles. The van der Waals surface area contributed by atoms with Crippen LogP contribution in [0.25, 0.3) is 0 Å². The summed E-state index contributed by atoms with van der Waals surface area (Å²) < 4.78 is 47.5. The van der Waals surface area contributed by atoms with Gasteiger partial charge < -0.3 is 33.7 Å². The molecule has 2 N–H and O–H groups in total. The van der Waals surface area contributed by atoms with Crippen LogP contribution in [0.4, 0.5) is 4.79 Å². The van der Waals surface area contributed by atoms with E-state index in [0.29, 0.717) is 0 Å². The van der Waals surface area contributed by atoms with E-state index >= 15 is 0 Å². The van der Waals surface area contributed by atoms with Crippen molar-refractivity contribution >= 4 is 25.8 Å². The summed E-state index contributed by atoms with van der Waals surface area (Å²) in [6, 6.07) is 9.22. The molecule has 0 bridgehead atoms. The first kappa shape index (κ1) is 32.9. The molecule has 6 atom stereocenters. The molecule has 2 heterocycles. The number of esters is 1. The van der Waals surface area contributed by atoms with Gasteiger partial charge in [-0.2, -0.15) is 10.3 Å². The molecule has 3 rings (SSSR count). The van der Waals surface area contributed by atoms with Crippen LogP contribution in [0.15, 0.2) is 42.6 Å². The van der Waals surface area contributed by atoms with Crippen LogP contribution in [-0.2, 0) is 37.6 Å². The van der Waals surface area contributed by atoms with E-state index in [1.165, 1.54) is 26.1 Å². The number of para-hydroxylation sites is 1. The second kappa shape index (κ2) is 14.0. The molecule has 0 saturated carbocycles. The summed E-state index contributed by atoms with van der Waals surface area (Å²) in [4.78, 5) is 38.3. The fourth-order valence-electron chi connectivity index (χ4n) is 4.21. The van der Waals surface area contributed by atoms with Crippen molar-refractivity contribution in [3.63, 3.8) is 0 Å². The fourth-order valence-corrected chi connectivity index (χ4v) is 5.71. The Morgan fingerprint density at radius 3 is 2.43 bits per heavy atom. The van der Waals surface area contributed by atoms with Gasteiger partial charge in [-0.15, -0.1) is 0 Å². The van der Waals surface area contributed by atoms with Crippen molar-refractivity contribution in [2.75, 3.05) is 13.3 Å². The predicted octanol–water partition coefficient (Wildman–Crippen LogP) is 3.21. The normalized spacial score (nSPS) is 25.7. The molecular formula is C27H37N4O10P. The smallest absolute Gasteiger partial charge is 0.462 e. The van der Waals surface area contributed by atoms with Crippen LogP contribution in [0.2, 0.25) is 0 Å². The lowest BCUT2D eigenvalue weighted by atomic mass is 9.83. The Morgan fingerprint density at radius 2 is 1.86 bits per heavy atom. The van der Waals surface area contributed by atoms with Gasteiger partial charge in [0.05, 0.1) is 31.6 Å². The van der Waals surface area contributed by atoms with Gasteiger partial charge in [-0.25, -0.2) is 9.36 Å². The highest BCUT2D eigenvalue weighted by atomic mass is 31.2. The Balaban J connectivity index is 1.90. The van der Waals surface area contributed by atoms with E-state index in [0.717, 1.165) is 0 Å². The molecule has 1 fully saturated rings. The minimum absolute atomic E-state index is 0.0145. The van der Waals surface area contributed by atoms with Gasteiger partial charge in [0.15, 0.2) is 12.3 Å². The number of hydrogen-bond acceptors (Lipinski definition) is 12. The Hall–Kier alpha value is -3.63. The van der Waals surface area contributed by atoms with Gasteiger partial charge in [0.25, 0.3) is 0 Å². The topological polar surface area (TPSA) is 175 Å². The maximum absolute atomic E-state index is 14.0. The molecule has 0 spiro atoms. The van der Waals surface area contributed by atoms with Gasteiger partial charge in [0, 0.05) is 12.3 Å². The maximum Gasteiger partial charge on any atom is 0.508 e. The van der Waals surface area contributed by atoms with Gasteiger partial charge in [-0.1, -0.05) is 18.2 Å². The van der Waals surface area contributed by atoms with Crippen LogP contribution in [0.1, 0.15) is 41.5 Å². The molecule has 14 nitrogen and oxygen atoms in total. The van der Waals surface area contributed by atoms with E-state index in [1.54, 1.807) is 62.9 Å².